The summed E-state index contributed by atoms with van der Waals surface area (Å²) in [6.07, 6.45) is 0. The third kappa shape index (κ3) is 3.39. The Balaban J connectivity index is 2.64. The van der Waals surface area contributed by atoms with E-state index in [9.17, 15) is 4.79 Å². The topological polar surface area (TPSA) is 52.9 Å². The molecule has 0 aliphatic heterocycles. The molecule has 1 amide bonds. The molecule has 1 rings (SSSR count). The van der Waals surface area contributed by atoms with Crippen LogP contribution in [0.15, 0.2) is 24.3 Å². The summed E-state index contributed by atoms with van der Waals surface area (Å²) in [6, 6.07) is 9.53. The van der Waals surface area contributed by atoms with Crippen molar-refractivity contribution in [2.24, 2.45) is 5.41 Å². The van der Waals surface area contributed by atoms with Gasteiger partial charge in [0.1, 0.15) is 0 Å². The lowest BCUT2D eigenvalue weighted by Gasteiger charge is -2.15. The molecule has 0 radical (unpaired) electrons. The maximum absolute atomic E-state index is 11.7. The van der Waals surface area contributed by atoms with Gasteiger partial charge in [-0.2, -0.15) is 5.26 Å². The summed E-state index contributed by atoms with van der Waals surface area (Å²) in [4.78, 5) is 11.7. The molecule has 0 aliphatic rings. The third-order valence-corrected chi connectivity index (χ3v) is 2.27. The van der Waals surface area contributed by atoms with E-state index >= 15 is 0 Å². The van der Waals surface area contributed by atoms with Gasteiger partial charge < -0.3 is 5.32 Å². The molecule has 0 unspecified atom stereocenters. The number of hydrogen-bond acceptors (Lipinski definition) is 2. The maximum atomic E-state index is 11.7. The number of nitrogens with one attached hydrogen (secondary N) is 1. The van der Waals surface area contributed by atoms with E-state index in [1.165, 1.54) is 0 Å². The fourth-order valence-corrected chi connectivity index (χ4v) is 1.23. The minimum atomic E-state index is -0.528. The highest BCUT2D eigenvalue weighted by atomic mass is 16.1. The molecule has 0 aliphatic carbocycles. The van der Waals surface area contributed by atoms with Gasteiger partial charge in [-0.05, 0) is 32.9 Å². The smallest absolute Gasteiger partial charge is 0.251 e. The maximum Gasteiger partial charge on any atom is 0.251 e. The van der Waals surface area contributed by atoms with Crippen LogP contribution in [0.1, 0.15) is 29.8 Å². The van der Waals surface area contributed by atoms with Crippen LogP contribution in [0.5, 0.6) is 0 Å². The molecular weight excluding hydrogens is 200 g/mol. The van der Waals surface area contributed by atoms with E-state index in [1.54, 1.807) is 19.9 Å². The van der Waals surface area contributed by atoms with E-state index in [2.05, 4.69) is 11.4 Å². The highest BCUT2D eigenvalue weighted by Crippen LogP contribution is 2.11. The van der Waals surface area contributed by atoms with Crippen molar-refractivity contribution < 1.29 is 4.79 Å². The quantitative estimate of drug-likeness (QED) is 0.842. The molecule has 0 fully saturated rings. The first-order valence-electron chi connectivity index (χ1n) is 5.21. The van der Waals surface area contributed by atoms with E-state index in [4.69, 9.17) is 5.26 Å². The average Bonchev–Trinajstić information content (AvgIpc) is 2.26. The fourth-order valence-electron chi connectivity index (χ4n) is 1.23. The van der Waals surface area contributed by atoms with E-state index in [-0.39, 0.29) is 5.91 Å². The number of amides is 1. The number of nitriles is 1. The lowest BCUT2D eigenvalue weighted by Crippen LogP contribution is -2.33. The molecule has 3 nitrogen and oxygen atoms in total. The normalized spacial score (nSPS) is 10.6. The van der Waals surface area contributed by atoms with Gasteiger partial charge in [-0.1, -0.05) is 17.7 Å². The summed E-state index contributed by atoms with van der Waals surface area (Å²) in [5, 5.41) is 11.6. The van der Waals surface area contributed by atoms with Crippen molar-refractivity contribution in [1.82, 2.24) is 5.32 Å². The van der Waals surface area contributed by atoms with Crippen LogP contribution in [0.25, 0.3) is 0 Å². The Kier molecular flexibility index (Phi) is 3.68. The van der Waals surface area contributed by atoms with Crippen molar-refractivity contribution in [3.05, 3.63) is 35.4 Å². The number of aryl methyl sites for hydroxylation is 1. The highest BCUT2D eigenvalue weighted by Gasteiger charge is 2.17. The van der Waals surface area contributed by atoms with Gasteiger partial charge in [0.05, 0.1) is 11.5 Å². The first kappa shape index (κ1) is 12.3. The number of carbonyl (C=O) groups is 1. The molecule has 0 spiro atoms. The van der Waals surface area contributed by atoms with Crippen LogP contribution in [-0.2, 0) is 0 Å². The van der Waals surface area contributed by atoms with Crippen molar-refractivity contribution >= 4 is 5.91 Å². The molecule has 1 aromatic carbocycles. The molecule has 0 saturated heterocycles. The van der Waals surface area contributed by atoms with E-state index < -0.39 is 5.41 Å². The van der Waals surface area contributed by atoms with Crippen molar-refractivity contribution in [2.75, 3.05) is 6.54 Å². The summed E-state index contributed by atoms with van der Waals surface area (Å²) in [6.45, 7) is 5.89. The van der Waals surface area contributed by atoms with Gasteiger partial charge >= 0.3 is 0 Å². The van der Waals surface area contributed by atoms with Gasteiger partial charge in [0.2, 0.25) is 0 Å². The molecular formula is C13H16N2O. The average molecular weight is 216 g/mol. The molecule has 3 heteroatoms. The lowest BCUT2D eigenvalue weighted by molar-refractivity contribution is 0.0943. The van der Waals surface area contributed by atoms with E-state index in [1.807, 2.05) is 25.1 Å². The zero-order valence-electron chi connectivity index (χ0n) is 9.87. The minimum absolute atomic E-state index is 0.132. The Bertz CT molecular complexity index is 430. The first-order chi connectivity index (χ1) is 7.44. The minimum Gasteiger partial charge on any atom is -0.350 e. The monoisotopic (exact) mass is 216 g/mol. The van der Waals surface area contributed by atoms with Crippen LogP contribution in [0.2, 0.25) is 0 Å². The summed E-state index contributed by atoms with van der Waals surface area (Å²) >= 11 is 0. The van der Waals surface area contributed by atoms with E-state index in [0.29, 0.717) is 12.1 Å². The van der Waals surface area contributed by atoms with Crippen molar-refractivity contribution in [2.45, 2.75) is 20.8 Å². The van der Waals surface area contributed by atoms with Crippen LogP contribution in [0, 0.1) is 23.7 Å². The Labute approximate surface area is 96.1 Å². The van der Waals surface area contributed by atoms with Gasteiger partial charge in [-0.15, -0.1) is 0 Å². The number of carbonyl (C=O) groups excluding carboxylic acids is 1. The lowest BCUT2D eigenvalue weighted by atomic mass is 9.96. The highest BCUT2D eigenvalue weighted by molar-refractivity contribution is 5.94. The second-order valence-corrected chi connectivity index (χ2v) is 4.55. The summed E-state index contributed by atoms with van der Waals surface area (Å²) in [5.74, 6) is -0.132. The SMILES string of the molecule is Cc1cccc(C(=O)NCC(C)(C)C#N)c1. The molecule has 0 saturated carbocycles. The van der Waals surface area contributed by atoms with Crippen LogP contribution >= 0.6 is 0 Å². The predicted octanol–water partition coefficient (Wildman–Crippen LogP) is 2.27. The molecule has 0 atom stereocenters. The molecule has 16 heavy (non-hydrogen) atoms. The van der Waals surface area contributed by atoms with Gasteiger partial charge in [0.15, 0.2) is 0 Å². The number of benzene rings is 1. The molecule has 1 aromatic rings. The summed E-state index contributed by atoms with van der Waals surface area (Å²) in [7, 11) is 0. The molecule has 84 valence electrons. The summed E-state index contributed by atoms with van der Waals surface area (Å²) in [5.41, 5.74) is 1.15. The van der Waals surface area contributed by atoms with Crippen LogP contribution < -0.4 is 5.32 Å². The Hall–Kier alpha value is -1.82. The van der Waals surface area contributed by atoms with Gasteiger partial charge in [-0.25, -0.2) is 0 Å². The van der Waals surface area contributed by atoms with Gasteiger partial charge in [0.25, 0.3) is 5.91 Å². The van der Waals surface area contributed by atoms with Crippen LogP contribution in [0.4, 0.5) is 0 Å². The largest absolute Gasteiger partial charge is 0.350 e. The van der Waals surface area contributed by atoms with Crippen molar-refractivity contribution in [3.63, 3.8) is 0 Å². The van der Waals surface area contributed by atoms with Crippen molar-refractivity contribution in [3.8, 4) is 6.07 Å². The zero-order valence-corrected chi connectivity index (χ0v) is 9.87. The Morgan fingerprint density at radius 2 is 2.19 bits per heavy atom. The fraction of sp³-hybridized carbons (Fsp3) is 0.385. The standard InChI is InChI=1S/C13H16N2O/c1-10-5-4-6-11(7-10)12(16)15-9-13(2,3)8-14/h4-7H,9H2,1-3H3,(H,15,16). The number of hydrogen-bond donors (Lipinski definition) is 1. The molecule has 0 heterocycles. The summed E-state index contributed by atoms with van der Waals surface area (Å²) < 4.78 is 0. The molecule has 0 bridgehead atoms. The Morgan fingerprint density at radius 1 is 1.50 bits per heavy atom. The second kappa shape index (κ2) is 4.80. The van der Waals surface area contributed by atoms with Crippen LogP contribution in [0.3, 0.4) is 0 Å². The molecule has 1 N–H and O–H groups in total. The van der Waals surface area contributed by atoms with Gasteiger partial charge in [-0.3, -0.25) is 4.79 Å². The van der Waals surface area contributed by atoms with Gasteiger partial charge in [0, 0.05) is 12.1 Å². The number of rotatable bonds is 3. The van der Waals surface area contributed by atoms with E-state index in [0.717, 1.165) is 5.56 Å². The Morgan fingerprint density at radius 3 is 2.75 bits per heavy atom. The van der Waals surface area contributed by atoms with Crippen molar-refractivity contribution in [1.29, 1.82) is 5.26 Å². The third-order valence-electron chi connectivity index (χ3n) is 2.27. The predicted molar refractivity (Wildman–Crippen MR) is 62.9 cm³/mol. The zero-order chi connectivity index (χ0) is 12.2. The molecule has 0 aromatic heterocycles. The number of nitrogens with zero attached hydrogens (tertiary/aromatic N) is 1. The van der Waals surface area contributed by atoms with Crippen LogP contribution in [-0.4, -0.2) is 12.5 Å². The first-order valence-corrected chi connectivity index (χ1v) is 5.21. The second-order valence-electron chi connectivity index (χ2n) is 4.55.